The second-order valence-electron chi connectivity index (χ2n) is 6.04. The number of carbonyl (C=O) groups is 2. The van der Waals surface area contributed by atoms with E-state index >= 15 is 0 Å². The van der Waals surface area contributed by atoms with E-state index in [1.54, 1.807) is 66.1 Å². The summed E-state index contributed by atoms with van der Waals surface area (Å²) in [7, 11) is 3.09. The van der Waals surface area contributed by atoms with Gasteiger partial charge in [-0.3, -0.25) is 4.90 Å². The van der Waals surface area contributed by atoms with E-state index in [2.05, 4.69) is 0 Å². The summed E-state index contributed by atoms with van der Waals surface area (Å²) < 4.78 is 10.5. The monoisotopic (exact) mass is 293 g/mol. The molecular weight excluding hydrogens is 270 g/mol. The van der Waals surface area contributed by atoms with Gasteiger partial charge < -0.3 is 14.3 Å². The number of carbonyl (C=O) groups excluding carboxylic acids is 2. The van der Waals surface area contributed by atoms with Crippen molar-refractivity contribution in [2.24, 2.45) is 0 Å². The normalized spacial score (nSPS) is 14.0. The van der Waals surface area contributed by atoms with Gasteiger partial charge in [0.2, 0.25) is 0 Å². The number of ether oxygens (including phenoxy) is 2. The highest BCUT2D eigenvalue weighted by atomic mass is 16.6. The first-order valence-corrected chi connectivity index (χ1v) is 6.71. The van der Waals surface area contributed by atoms with Crippen LogP contribution in [0.25, 0.3) is 0 Å². The lowest BCUT2D eigenvalue weighted by atomic mass is 9.92. The van der Waals surface area contributed by atoms with Gasteiger partial charge in [-0.1, -0.05) is 12.1 Å². The van der Waals surface area contributed by atoms with Gasteiger partial charge in [-0.15, -0.1) is 0 Å². The number of likely N-dealkylation sites (N-methyl/N-ethyl adjacent to an activating group) is 1. The number of amides is 1. The maximum atomic E-state index is 12.2. The lowest BCUT2D eigenvalue weighted by molar-refractivity contribution is -0.117. The Morgan fingerprint density at radius 1 is 1.24 bits per heavy atom. The van der Waals surface area contributed by atoms with E-state index in [-0.39, 0.29) is 0 Å². The average Bonchev–Trinajstić information content (AvgIpc) is 2.43. The van der Waals surface area contributed by atoms with E-state index in [9.17, 15) is 9.59 Å². The number of nitrogens with zero attached hydrogens (tertiary/aromatic N) is 1. The number of hydrogen-bond donors (Lipinski definition) is 0. The van der Waals surface area contributed by atoms with E-state index in [1.807, 2.05) is 0 Å². The van der Waals surface area contributed by atoms with E-state index in [0.717, 1.165) is 6.29 Å². The van der Waals surface area contributed by atoms with Crippen molar-refractivity contribution in [2.75, 3.05) is 14.2 Å². The molecule has 0 aliphatic rings. The molecule has 5 heteroatoms. The molecule has 0 fully saturated rings. The number of aldehydes is 1. The zero-order valence-corrected chi connectivity index (χ0v) is 13.5. The van der Waals surface area contributed by atoms with Crippen LogP contribution in [0.1, 0.15) is 33.3 Å². The first-order chi connectivity index (χ1) is 9.64. The van der Waals surface area contributed by atoms with Crippen molar-refractivity contribution in [3.05, 3.63) is 29.8 Å². The summed E-state index contributed by atoms with van der Waals surface area (Å²) in [6, 6.07) is 7.06. The molecular formula is C16H23NO4. The minimum Gasteiger partial charge on any atom is -0.497 e. The Balaban J connectivity index is 3.13. The quantitative estimate of drug-likeness (QED) is 0.801. The minimum atomic E-state index is -1.13. The highest BCUT2D eigenvalue weighted by Gasteiger charge is 2.37. The van der Waals surface area contributed by atoms with E-state index in [0.29, 0.717) is 11.3 Å². The molecule has 0 saturated carbocycles. The van der Waals surface area contributed by atoms with E-state index in [1.165, 1.54) is 4.90 Å². The highest BCUT2D eigenvalue weighted by molar-refractivity contribution is 5.78. The van der Waals surface area contributed by atoms with Crippen LogP contribution in [0.2, 0.25) is 0 Å². The molecule has 0 radical (unpaired) electrons. The Morgan fingerprint density at radius 2 is 1.86 bits per heavy atom. The molecule has 0 bridgehead atoms. The lowest BCUT2D eigenvalue weighted by Gasteiger charge is -2.35. The smallest absolute Gasteiger partial charge is 0.411 e. The van der Waals surface area contributed by atoms with Gasteiger partial charge in [0.25, 0.3) is 0 Å². The molecule has 1 unspecified atom stereocenters. The number of methoxy groups -OCH3 is 1. The van der Waals surface area contributed by atoms with Gasteiger partial charge in [0.15, 0.2) is 0 Å². The van der Waals surface area contributed by atoms with Crippen LogP contribution in [0.15, 0.2) is 24.3 Å². The fourth-order valence-electron chi connectivity index (χ4n) is 1.80. The SMILES string of the molecule is COc1cccc(C(C)(C=O)N(C)C(=O)OC(C)(C)C)c1. The first-order valence-electron chi connectivity index (χ1n) is 6.71. The highest BCUT2D eigenvalue weighted by Crippen LogP contribution is 2.29. The maximum absolute atomic E-state index is 12.2. The summed E-state index contributed by atoms with van der Waals surface area (Å²) >= 11 is 0. The Hall–Kier alpha value is -2.04. The van der Waals surface area contributed by atoms with Crippen LogP contribution in [-0.4, -0.2) is 37.0 Å². The molecule has 0 N–H and O–H groups in total. The van der Waals surface area contributed by atoms with Crippen LogP contribution in [0.4, 0.5) is 4.79 Å². The largest absolute Gasteiger partial charge is 0.497 e. The second-order valence-corrected chi connectivity index (χ2v) is 6.04. The van der Waals surface area contributed by atoms with E-state index < -0.39 is 17.2 Å². The Bertz CT molecular complexity index is 521. The minimum absolute atomic E-state index is 0.556. The van der Waals surface area contributed by atoms with Gasteiger partial charge in [0.05, 0.1) is 7.11 Å². The fraction of sp³-hybridized carbons (Fsp3) is 0.500. The molecule has 0 saturated heterocycles. The number of hydrogen-bond acceptors (Lipinski definition) is 4. The topological polar surface area (TPSA) is 55.8 Å². The lowest BCUT2D eigenvalue weighted by Crippen LogP contribution is -2.48. The van der Waals surface area contributed by atoms with Gasteiger partial charge in [-0.05, 0) is 45.4 Å². The summed E-state index contributed by atoms with van der Waals surface area (Å²) in [5, 5.41) is 0. The van der Waals surface area contributed by atoms with Crippen molar-refractivity contribution < 1.29 is 19.1 Å². The molecule has 1 aromatic carbocycles. The van der Waals surface area contributed by atoms with E-state index in [4.69, 9.17) is 9.47 Å². The van der Waals surface area contributed by atoms with Crippen molar-refractivity contribution in [1.82, 2.24) is 4.90 Å². The third kappa shape index (κ3) is 3.97. The molecule has 1 rings (SSSR count). The van der Waals surface area contributed by atoms with Crippen LogP contribution in [0, 0.1) is 0 Å². The third-order valence-electron chi connectivity index (χ3n) is 3.25. The first kappa shape index (κ1) is 17.0. The van der Waals surface area contributed by atoms with Crippen LogP contribution in [-0.2, 0) is 15.1 Å². The summed E-state index contributed by atoms with van der Waals surface area (Å²) in [6.45, 7) is 7.01. The molecule has 0 aliphatic carbocycles. The Kier molecular flexibility index (Phi) is 4.99. The summed E-state index contributed by atoms with van der Waals surface area (Å²) in [4.78, 5) is 25.1. The zero-order chi connectivity index (χ0) is 16.3. The van der Waals surface area contributed by atoms with Gasteiger partial charge in [-0.25, -0.2) is 4.79 Å². The van der Waals surface area contributed by atoms with Crippen LogP contribution < -0.4 is 4.74 Å². The molecule has 5 nitrogen and oxygen atoms in total. The Labute approximate surface area is 125 Å². The molecule has 116 valence electrons. The van der Waals surface area contributed by atoms with Crippen molar-refractivity contribution in [2.45, 2.75) is 38.8 Å². The van der Waals surface area contributed by atoms with Gasteiger partial charge in [-0.2, -0.15) is 0 Å². The average molecular weight is 293 g/mol. The molecule has 0 heterocycles. The zero-order valence-electron chi connectivity index (χ0n) is 13.5. The number of rotatable bonds is 4. The molecule has 0 aromatic heterocycles. The molecule has 1 amide bonds. The summed E-state index contributed by atoms with van der Waals surface area (Å²) in [5.41, 5.74) is -1.09. The van der Waals surface area contributed by atoms with Gasteiger partial charge in [0, 0.05) is 7.05 Å². The summed E-state index contributed by atoms with van der Waals surface area (Å²) in [6.07, 6.45) is 0.172. The van der Waals surface area contributed by atoms with Crippen molar-refractivity contribution in [3.8, 4) is 5.75 Å². The summed E-state index contributed by atoms with van der Waals surface area (Å²) in [5.74, 6) is 0.623. The van der Waals surface area contributed by atoms with Crippen LogP contribution >= 0.6 is 0 Å². The third-order valence-corrected chi connectivity index (χ3v) is 3.25. The van der Waals surface area contributed by atoms with Gasteiger partial charge in [0.1, 0.15) is 23.2 Å². The predicted octanol–water partition coefficient (Wildman–Crippen LogP) is 2.98. The second kappa shape index (κ2) is 6.16. The standard InChI is InChI=1S/C16H23NO4/c1-15(2,3)21-14(19)17(5)16(4,11-18)12-8-7-9-13(10-12)20-6/h7-11H,1-6H3. The molecule has 1 aromatic rings. The molecule has 21 heavy (non-hydrogen) atoms. The number of benzene rings is 1. The van der Waals surface area contributed by atoms with Crippen LogP contribution in [0.5, 0.6) is 5.75 Å². The van der Waals surface area contributed by atoms with Crippen molar-refractivity contribution in [1.29, 1.82) is 0 Å². The Morgan fingerprint density at radius 3 is 2.33 bits per heavy atom. The molecule has 0 aliphatic heterocycles. The molecule has 1 atom stereocenters. The van der Waals surface area contributed by atoms with Crippen molar-refractivity contribution in [3.63, 3.8) is 0 Å². The molecule has 0 spiro atoms. The predicted molar refractivity (Wildman–Crippen MR) is 80.4 cm³/mol. The van der Waals surface area contributed by atoms with Gasteiger partial charge >= 0.3 is 6.09 Å². The van der Waals surface area contributed by atoms with Crippen LogP contribution in [0.3, 0.4) is 0 Å². The fourth-order valence-corrected chi connectivity index (χ4v) is 1.80. The maximum Gasteiger partial charge on any atom is 0.411 e. The van der Waals surface area contributed by atoms with Crippen molar-refractivity contribution >= 4 is 12.4 Å².